The van der Waals surface area contributed by atoms with E-state index in [0.29, 0.717) is 37.3 Å². The summed E-state index contributed by atoms with van der Waals surface area (Å²) in [6, 6.07) is 4.39. The number of ketones is 1. The number of rotatable bonds is 7. The van der Waals surface area contributed by atoms with Crippen molar-refractivity contribution in [1.82, 2.24) is 45.5 Å². The van der Waals surface area contributed by atoms with Crippen molar-refractivity contribution in [2.24, 2.45) is 29.6 Å². The molecule has 8 bridgehead atoms. The molecule has 5 aliphatic heterocycles. The SMILES string of the molecule is CC[C@H]1OC(=O)[C@H](C)C([C@H]2C[C@@](C)(OC)[C@@H](O)[C@H](C)O2)[C@H](C)[C@H]2O[C@@H]3O[C@H](C)C[C@@H]([C@H]3O)N(C)CCc3cn(nn3)[C@H](CF)C(=O)c3ccc(cc3)-[n+]3cc(CN(C)C)nn3COCNNC([C@H](C)C[C@@]2(C)OC)[C@H](C)[C@@H](O)[C@]1(C)O. The predicted molar refractivity (Wildman–Crippen MR) is 294 cm³/mol. The highest BCUT2D eigenvalue weighted by Crippen LogP contribution is 2.46. The van der Waals surface area contributed by atoms with Crippen molar-refractivity contribution in [3.05, 3.63) is 53.6 Å². The molecule has 8 rings (SSSR count). The van der Waals surface area contributed by atoms with Crippen molar-refractivity contribution in [2.45, 2.75) is 205 Å². The van der Waals surface area contributed by atoms with Crippen molar-refractivity contribution in [3.8, 4) is 5.69 Å². The summed E-state index contributed by atoms with van der Waals surface area (Å²) in [4.78, 5) is 34.5. The lowest BCUT2D eigenvalue weighted by Gasteiger charge is -2.52. The molecule has 3 fully saturated rings. The van der Waals surface area contributed by atoms with Crippen LogP contribution in [0.5, 0.6) is 0 Å². The van der Waals surface area contributed by atoms with Crippen LogP contribution in [-0.2, 0) is 57.6 Å². The van der Waals surface area contributed by atoms with Gasteiger partial charge in [0.1, 0.15) is 43.4 Å². The molecule has 23 nitrogen and oxygen atoms in total. The number of benzene rings is 1. The Bertz CT molecular complexity index is 2520. The first-order valence-electron chi connectivity index (χ1n) is 28.8. The topological polar surface area (TPSA) is 263 Å². The Hall–Kier alpha value is -3.99. The summed E-state index contributed by atoms with van der Waals surface area (Å²) in [5, 5.41) is 62.3. The lowest BCUT2D eigenvalue weighted by Crippen LogP contribution is -2.63. The molecule has 0 spiro atoms. The third kappa shape index (κ3) is 14.1. The van der Waals surface area contributed by atoms with Gasteiger partial charge in [0.15, 0.2) is 30.7 Å². The second-order valence-electron chi connectivity index (χ2n) is 24.5. The quantitative estimate of drug-likeness (QED) is 0.147. The van der Waals surface area contributed by atoms with Gasteiger partial charge in [0.05, 0.1) is 59.9 Å². The number of carbonyl (C=O) groups excluding carboxylic acids is 2. The van der Waals surface area contributed by atoms with Gasteiger partial charge in [0, 0.05) is 74.4 Å². The highest BCUT2D eigenvalue weighted by atomic mass is 19.1. The first kappa shape index (κ1) is 64.6. The lowest BCUT2D eigenvalue weighted by molar-refractivity contribution is -0.695. The Morgan fingerprint density at radius 3 is 2.27 bits per heavy atom. The summed E-state index contributed by atoms with van der Waals surface area (Å²) < 4.78 is 63.8. The van der Waals surface area contributed by atoms with Gasteiger partial charge in [-0.25, -0.2) is 14.5 Å². The number of fused-ring (bicyclic) bond motifs is 9. The number of carbonyl (C=O) groups is 2. The van der Waals surface area contributed by atoms with Crippen LogP contribution in [0.2, 0.25) is 0 Å². The van der Waals surface area contributed by atoms with Crippen LogP contribution in [0.4, 0.5) is 4.39 Å². The van der Waals surface area contributed by atoms with Gasteiger partial charge >= 0.3 is 5.97 Å². The molecule has 24 heteroatoms. The minimum atomic E-state index is -1.95. The molecule has 3 saturated heterocycles. The number of alkyl halides is 1. The van der Waals surface area contributed by atoms with E-state index in [0.717, 1.165) is 5.69 Å². The van der Waals surface area contributed by atoms with Gasteiger partial charge in [-0.05, 0) is 116 Å². The zero-order chi connectivity index (χ0) is 59.5. The molecule has 20 atom stereocenters. The van der Waals surface area contributed by atoms with Crippen molar-refractivity contribution >= 4 is 11.8 Å². The van der Waals surface area contributed by atoms with Crippen LogP contribution in [0.15, 0.2) is 36.7 Å². The maximum absolute atomic E-state index is 15.0. The number of cyclic esters (lactones) is 1. The highest BCUT2D eigenvalue weighted by molar-refractivity contribution is 5.99. The van der Waals surface area contributed by atoms with E-state index in [-0.39, 0.29) is 38.3 Å². The molecular weight excluding hydrogens is 1050 g/mol. The number of Topliss-reactive ketones (excluding diaryl/α,β-unsaturated/α-hetero) is 1. The number of hydrazine groups is 1. The third-order valence-corrected chi connectivity index (χ3v) is 18.2. The average molecular weight is 1150 g/mol. The molecule has 81 heavy (non-hydrogen) atoms. The molecule has 1 aromatic carbocycles. The van der Waals surface area contributed by atoms with Gasteiger partial charge < -0.3 is 63.4 Å². The number of aliphatic hydroxyl groups excluding tert-OH is 3. The summed E-state index contributed by atoms with van der Waals surface area (Å²) in [7, 11) is 8.88. The molecule has 2 unspecified atom stereocenters. The van der Waals surface area contributed by atoms with E-state index < -0.39 is 138 Å². The van der Waals surface area contributed by atoms with Crippen molar-refractivity contribution < 1.29 is 72.2 Å². The van der Waals surface area contributed by atoms with Gasteiger partial charge in [-0.15, -0.1) is 9.78 Å². The maximum atomic E-state index is 15.0. The highest BCUT2D eigenvalue weighted by Gasteiger charge is 2.56. The Balaban J connectivity index is 1.34. The zero-order valence-corrected chi connectivity index (χ0v) is 50.3. The Morgan fingerprint density at radius 1 is 0.938 bits per heavy atom. The van der Waals surface area contributed by atoms with Gasteiger partial charge in [-0.1, -0.05) is 39.8 Å². The van der Waals surface area contributed by atoms with E-state index in [4.69, 9.17) is 38.3 Å². The molecule has 5 aliphatic rings. The number of halogens is 1. The van der Waals surface area contributed by atoms with Crippen LogP contribution >= 0.6 is 0 Å². The molecule has 0 saturated carbocycles. The van der Waals surface area contributed by atoms with Crippen molar-refractivity contribution in [1.29, 1.82) is 0 Å². The number of aromatic nitrogens is 6. The number of ether oxygens (including phenoxy) is 7. The summed E-state index contributed by atoms with van der Waals surface area (Å²) in [6.07, 6.45) is -4.05. The van der Waals surface area contributed by atoms with Crippen LogP contribution in [0.1, 0.15) is 123 Å². The van der Waals surface area contributed by atoms with E-state index in [1.54, 1.807) is 67.8 Å². The first-order valence-corrected chi connectivity index (χ1v) is 28.8. The van der Waals surface area contributed by atoms with Gasteiger partial charge in [0.25, 0.3) is 0 Å². The summed E-state index contributed by atoms with van der Waals surface area (Å²) >= 11 is 0. The van der Waals surface area contributed by atoms with E-state index in [9.17, 15) is 34.4 Å². The summed E-state index contributed by atoms with van der Waals surface area (Å²) in [5.41, 5.74) is 4.57. The monoisotopic (exact) mass is 1150 g/mol. The first-order chi connectivity index (χ1) is 38.2. The minimum absolute atomic E-state index is 0.0351. The third-order valence-electron chi connectivity index (χ3n) is 18.2. The number of methoxy groups -OCH3 is 2. The average Bonchev–Trinajstić information content (AvgIpc) is 4.27. The maximum Gasteiger partial charge on any atom is 0.309 e. The molecule has 456 valence electrons. The number of nitrogens with one attached hydrogen (secondary N) is 2. The van der Waals surface area contributed by atoms with Crippen LogP contribution in [0, 0.1) is 29.6 Å². The molecule has 7 heterocycles. The van der Waals surface area contributed by atoms with Crippen molar-refractivity contribution in [2.75, 3.05) is 55.3 Å². The fourth-order valence-corrected chi connectivity index (χ4v) is 13.3. The summed E-state index contributed by atoms with van der Waals surface area (Å²) in [5.74, 6) is -4.57. The van der Waals surface area contributed by atoms with E-state index in [1.165, 1.54) is 18.7 Å². The standard InChI is InChI=1S/C57H93FN10O13/c1-16-45-57(10,74)50(71)36(6)47-32(2)24-56(9,76-15)52(34(4)46(35(5)53(73)80-45)44-25-55(8,75-14)51(72)37(7)79-44)81-54-49(70)42(23-33(3)78-54)65(13)22-21-39-28-66(63-60-39)43(26-58)48(69)38-17-19-41(20-18-38)67-29-40(27-64(11)12)62-68(67)31-77-30-59-61-47/h17-20,28-29,32-37,42-47,49-52,54,62,70-72,74H,16,21-27,30-31H2,1-15H3/p+1/t32-,33-,34+,35-,36+,37+,42+,43-,44-,45-,46?,47?,49-,50-,51+,52-,54+,55-,56-,57-/m1/s1. The smallest absolute Gasteiger partial charge is 0.309 e. The number of hydrogen-bond donors (Lipinski definition) is 6. The van der Waals surface area contributed by atoms with E-state index in [1.807, 2.05) is 78.7 Å². The van der Waals surface area contributed by atoms with Crippen LogP contribution in [0.3, 0.4) is 0 Å². The van der Waals surface area contributed by atoms with Crippen LogP contribution in [0.25, 0.3) is 5.69 Å². The molecule has 6 N–H and O–H groups in total. The Labute approximate surface area is 477 Å². The molecule has 2 aromatic heterocycles. The predicted octanol–water partition coefficient (Wildman–Crippen LogP) is 2.68. The van der Waals surface area contributed by atoms with Crippen LogP contribution < -0.4 is 15.5 Å². The molecule has 0 aliphatic carbocycles. The Kier molecular flexibility index (Phi) is 21.5. The molecule has 0 amide bonds. The lowest BCUT2D eigenvalue weighted by atomic mass is 9.67. The normalized spacial score (nSPS) is 39.7. The van der Waals surface area contributed by atoms with Crippen molar-refractivity contribution in [3.63, 3.8) is 0 Å². The second kappa shape index (κ2) is 26.9. The Morgan fingerprint density at radius 2 is 1.63 bits per heavy atom. The van der Waals surface area contributed by atoms with Gasteiger partial charge in [-0.3, -0.25) is 15.0 Å². The van der Waals surface area contributed by atoms with E-state index in [2.05, 4.69) is 21.2 Å². The number of likely N-dealkylation sites (N-methyl/N-ethyl adjacent to an activating group) is 1. The van der Waals surface area contributed by atoms with Gasteiger partial charge in [0.2, 0.25) is 5.69 Å². The van der Waals surface area contributed by atoms with Gasteiger partial charge in [-0.2, -0.15) is 0 Å². The molecular formula is C57H94FN10O13+. The number of esters is 1. The number of aliphatic hydroxyl groups is 4. The summed E-state index contributed by atoms with van der Waals surface area (Å²) in [6.45, 7) is 18.0. The minimum Gasteiger partial charge on any atom is -0.459 e. The fourth-order valence-electron chi connectivity index (χ4n) is 13.3. The molecule has 3 aromatic rings. The molecule has 0 radical (unpaired) electrons. The fraction of sp³-hybridized carbons (Fsp3) is 0.789. The van der Waals surface area contributed by atoms with E-state index >= 15 is 0 Å². The largest absolute Gasteiger partial charge is 0.459 e. The zero-order valence-electron chi connectivity index (χ0n) is 50.3. The number of hydrogen-bond acceptors (Lipinski definition) is 20. The number of nitrogens with zero attached hydrogens (tertiary/aromatic N) is 8. The van der Waals surface area contributed by atoms with Crippen LogP contribution in [-0.4, -0.2) is 206 Å². The second-order valence-corrected chi connectivity index (χ2v) is 24.5.